The molecule has 112 valence electrons. The predicted molar refractivity (Wildman–Crippen MR) is 85.7 cm³/mol. The number of nitrogens with one attached hydrogen (secondary N) is 1. The number of pyridine rings is 1. The fourth-order valence-corrected chi connectivity index (χ4v) is 2.79. The van der Waals surface area contributed by atoms with Crippen LogP contribution in [0.2, 0.25) is 0 Å². The van der Waals surface area contributed by atoms with Crippen LogP contribution in [0.4, 0.5) is 5.69 Å². The number of anilines is 1. The lowest BCUT2D eigenvalue weighted by Gasteiger charge is -2.29. The van der Waals surface area contributed by atoms with Crippen molar-refractivity contribution in [2.75, 3.05) is 44.7 Å². The predicted octanol–water partition coefficient (Wildman–Crippen LogP) is 1.36. The molecular weight excluding hydrogens is 262 g/mol. The van der Waals surface area contributed by atoms with Crippen LogP contribution in [-0.2, 0) is 0 Å². The first-order chi connectivity index (χ1) is 10.1. The summed E-state index contributed by atoms with van der Waals surface area (Å²) in [6.45, 7) is 11.6. The van der Waals surface area contributed by atoms with Crippen molar-refractivity contribution in [3.05, 3.63) is 48.3 Å². The number of rotatable bonds is 3. The van der Waals surface area contributed by atoms with Crippen LogP contribution in [0.1, 0.15) is 5.69 Å². The molecule has 0 aromatic carbocycles. The Morgan fingerprint density at radius 1 is 1.33 bits per heavy atom. The summed E-state index contributed by atoms with van der Waals surface area (Å²) in [5.74, 6) is 0.991. The van der Waals surface area contributed by atoms with Gasteiger partial charge in [-0.25, -0.2) is 0 Å². The highest BCUT2D eigenvalue weighted by molar-refractivity contribution is 5.58. The van der Waals surface area contributed by atoms with Crippen LogP contribution >= 0.6 is 0 Å². The Morgan fingerprint density at radius 2 is 2.10 bits per heavy atom. The highest BCUT2D eigenvalue weighted by atomic mass is 15.4. The molecule has 1 aromatic heterocycles. The number of hydrogen-bond acceptors (Lipinski definition) is 5. The van der Waals surface area contributed by atoms with E-state index in [-0.39, 0.29) is 0 Å². The van der Waals surface area contributed by atoms with Gasteiger partial charge in [-0.15, -0.1) is 0 Å². The zero-order chi connectivity index (χ0) is 14.8. The zero-order valence-corrected chi connectivity index (χ0v) is 12.8. The van der Waals surface area contributed by atoms with E-state index >= 15 is 0 Å². The van der Waals surface area contributed by atoms with E-state index in [0.717, 1.165) is 49.9 Å². The second kappa shape index (κ2) is 5.87. The van der Waals surface area contributed by atoms with E-state index in [4.69, 9.17) is 0 Å². The van der Waals surface area contributed by atoms with E-state index in [0.29, 0.717) is 0 Å². The lowest BCUT2D eigenvalue weighted by molar-refractivity contribution is 0.246. The first-order valence-corrected chi connectivity index (χ1v) is 7.43. The van der Waals surface area contributed by atoms with Crippen LogP contribution in [0.15, 0.2) is 42.6 Å². The Balaban J connectivity index is 1.78. The van der Waals surface area contributed by atoms with E-state index in [1.54, 1.807) is 0 Å². The summed E-state index contributed by atoms with van der Waals surface area (Å²) in [7, 11) is 2.09. The molecule has 0 aliphatic carbocycles. The summed E-state index contributed by atoms with van der Waals surface area (Å²) in [6.07, 6.45) is 4.04. The van der Waals surface area contributed by atoms with Gasteiger partial charge in [0.15, 0.2) is 0 Å². The molecule has 2 aliphatic rings. The summed E-state index contributed by atoms with van der Waals surface area (Å²) in [5, 5.41) is 3.39. The van der Waals surface area contributed by atoms with E-state index in [1.807, 2.05) is 19.2 Å². The van der Waals surface area contributed by atoms with Crippen molar-refractivity contribution in [1.82, 2.24) is 20.1 Å². The van der Waals surface area contributed by atoms with Crippen molar-refractivity contribution in [2.24, 2.45) is 0 Å². The van der Waals surface area contributed by atoms with E-state index in [2.05, 4.69) is 50.9 Å². The maximum atomic E-state index is 4.26. The number of aromatic nitrogens is 1. The van der Waals surface area contributed by atoms with E-state index in [1.165, 1.54) is 5.70 Å². The third kappa shape index (κ3) is 2.94. The van der Waals surface area contributed by atoms with Crippen LogP contribution in [0.5, 0.6) is 0 Å². The maximum absolute atomic E-state index is 4.26. The lowest BCUT2D eigenvalue weighted by Crippen LogP contribution is -2.44. The summed E-state index contributed by atoms with van der Waals surface area (Å²) >= 11 is 0. The smallest absolute Gasteiger partial charge is 0.109 e. The zero-order valence-electron chi connectivity index (χ0n) is 12.8. The monoisotopic (exact) mass is 285 g/mol. The molecular formula is C16H23N5. The maximum Gasteiger partial charge on any atom is 0.109 e. The molecule has 0 unspecified atom stereocenters. The average Bonchev–Trinajstić information content (AvgIpc) is 2.77. The molecule has 0 saturated carbocycles. The number of nitrogens with zero attached hydrogens (tertiary/aromatic N) is 4. The minimum Gasteiger partial charge on any atom is -0.332 e. The minimum absolute atomic E-state index is 0.970. The van der Waals surface area contributed by atoms with Crippen molar-refractivity contribution in [2.45, 2.75) is 6.92 Å². The highest BCUT2D eigenvalue weighted by Gasteiger charge is 2.25. The fraction of sp³-hybridized carbons (Fsp3) is 0.438. The van der Waals surface area contributed by atoms with Crippen LogP contribution in [-0.4, -0.2) is 54.6 Å². The molecule has 0 atom stereocenters. The average molecular weight is 285 g/mol. The van der Waals surface area contributed by atoms with Gasteiger partial charge < -0.3 is 15.1 Å². The van der Waals surface area contributed by atoms with Gasteiger partial charge in [0.1, 0.15) is 5.82 Å². The topological polar surface area (TPSA) is 34.6 Å². The second-order valence-electron chi connectivity index (χ2n) is 5.65. The highest BCUT2D eigenvalue weighted by Crippen LogP contribution is 2.29. The van der Waals surface area contributed by atoms with Crippen molar-refractivity contribution in [1.29, 1.82) is 0 Å². The van der Waals surface area contributed by atoms with Crippen molar-refractivity contribution in [3.8, 4) is 0 Å². The molecule has 0 amide bonds. The third-order valence-corrected chi connectivity index (χ3v) is 4.13. The molecule has 0 bridgehead atoms. The number of piperazine rings is 1. The van der Waals surface area contributed by atoms with E-state index in [9.17, 15) is 0 Å². The Bertz CT molecular complexity index is 560. The van der Waals surface area contributed by atoms with Gasteiger partial charge in [0.25, 0.3) is 0 Å². The molecule has 1 fully saturated rings. The van der Waals surface area contributed by atoms with Gasteiger partial charge in [-0.1, -0.05) is 6.58 Å². The summed E-state index contributed by atoms with van der Waals surface area (Å²) in [5.41, 5.74) is 3.43. The summed E-state index contributed by atoms with van der Waals surface area (Å²) in [6, 6.07) is 4.11. The van der Waals surface area contributed by atoms with Crippen LogP contribution < -0.4 is 10.2 Å². The SMILES string of the molecule is C=C1N(C)C(CN2CCNCC2)=CN1c1ccnc(C)c1. The molecule has 1 aromatic rings. The molecule has 21 heavy (non-hydrogen) atoms. The van der Waals surface area contributed by atoms with Crippen molar-refractivity contribution < 1.29 is 0 Å². The first kappa shape index (κ1) is 14.1. The van der Waals surface area contributed by atoms with E-state index < -0.39 is 0 Å². The van der Waals surface area contributed by atoms with Gasteiger partial charge in [0.2, 0.25) is 0 Å². The molecule has 1 N–H and O–H groups in total. The van der Waals surface area contributed by atoms with Gasteiger partial charge in [-0.2, -0.15) is 0 Å². The fourth-order valence-electron chi connectivity index (χ4n) is 2.79. The standard InChI is InChI=1S/C16H23N5/c1-13-10-15(4-5-18-13)21-12-16(19(3)14(21)2)11-20-8-6-17-7-9-20/h4-5,10,12,17H,2,6-9,11H2,1,3H3. The minimum atomic E-state index is 0.970. The second-order valence-corrected chi connectivity index (χ2v) is 5.65. The molecule has 0 spiro atoms. The van der Waals surface area contributed by atoms with Crippen molar-refractivity contribution >= 4 is 5.69 Å². The molecule has 3 rings (SSSR count). The van der Waals surface area contributed by atoms with Gasteiger partial charge in [-0.05, 0) is 19.1 Å². The quantitative estimate of drug-likeness (QED) is 0.907. The van der Waals surface area contributed by atoms with Crippen LogP contribution in [0, 0.1) is 6.92 Å². The normalized spacial score (nSPS) is 20.1. The summed E-state index contributed by atoms with van der Waals surface area (Å²) < 4.78 is 0. The third-order valence-electron chi connectivity index (χ3n) is 4.13. The Morgan fingerprint density at radius 3 is 2.81 bits per heavy atom. The summed E-state index contributed by atoms with van der Waals surface area (Å²) in [4.78, 5) is 11.1. The Labute approximate surface area is 126 Å². The molecule has 2 aliphatic heterocycles. The van der Waals surface area contributed by atoms with Crippen LogP contribution in [0.25, 0.3) is 0 Å². The molecule has 5 nitrogen and oxygen atoms in total. The number of likely N-dealkylation sites (N-methyl/N-ethyl adjacent to an activating group) is 1. The Hall–Kier alpha value is -1.85. The Kier molecular flexibility index (Phi) is 3.94. The molecule has 5 heteroatoms. The molecule has 3 heterocycles. The van der Waals surface area contributed by atoms with Gasteiger partial charge in [0.05, 0.1) is 5.69 Å². The largest absolute Gasteiger partial charge is 0.332 e. The van der Waals surface area contributed by atoms with Crippen LogP contribution in [0.3, 0.4) is 0 Å². The van der Waals surface area contributed by atoms with Crippen molar-refractivity contribution in [3.63, 3.8) is 0 Å². The first-order valence-electron chi connectivity index (χ1n) is 7.43. The van der Waals surface area contributed by atoms with Gasteiger partial charge in [0, 0.05) is 63.6 Å². The molecule has 1 saturated heterocycles. The number of hydrogen-bond donors (Lipinski definition) is 1. The van der Waals surface area contributed by atoms with Gasteiger partial charge in [-0.3, -0.25) is 9.88 Å². The van der Waals surface area contributed by atoms with Gasteiger partial charge >= 0.3 is 0 Å². The lowest BCUT2D eigenvalue weighted by atomic mass is 10.3. The number of aryl methyl sites for hydroxylation is 1. The molecule has 0 radical (unpaired) electrons.